The Morgan fingerprint density at radius 1 is 1.53 bits per heavy atom. The molecule has 0 atom stereocenters. The van der Waals surface area contributed by atoms with Crippen LogP contribution in [0.5, 0.6) is 0 Å². The monoisotopic (exact) mass is 235 g/mol. The van der Waals surface area contributed by atoms with Crippen molar-refractivity contribution in [3.05, 3.63) is 17.5 Å². The predicted octanol–water partition coefficient (Wildman–Crippen LogP) is 1.60. The lowest BCUT2D eigenvalue weighted by Crippen LogP contribution is -2.16. The van der Waals surface area contributed by atoms with Gasteiger partial charge in [0.25, 0.3) is 0 Å². The summed E-state index contributed by atoms with van der Waals surface area (Å²) in [7, 11) is 3.77. The molecule has 0 N–H and O–H groups in total. The largest absolute Gasteiger partial charge is 0.462 e. The second-order valence-electron chi connectivity index (χ2n) is 4.36. The molecule has 1 aromatic rings. The van der Waals surface area contributed by atoms with E-state index in [-0.39, 0.29) is 5.97 Å². The van der Waals surface area contributed by atoms with E-state index in [1.54, 1.807) is 13.1 Å². The van der Waals surface area contributed by atoms with Crippen molar-refractivity contribution in [2.75, 3.05) is 25.6 Å². The Balaban J connectivity index is 2.34. The Hall–Kier alpha value is -1.65. The number of esters is 1. The summed E-state index contributed by atoms with van der Waals surface area (Å²) >= 11 is 0. The lowest BCUT2D eigenvalue weighted by atomic mass is 10.1. The smallest absolute Gasteiger partial charge is 0.341 e. The molecule has 0 aromatic carbocycles. The Morgan fingerprint density at radius 2 is 2.24 bits per heavy atom. The molecule has 5 nitrogen and oxygen atoms in total. The maximum Gasteiger partial charge on any atom is 0.341 e. The van der Waals surface area contributed by atoms with E-state index in [9.17, 15) is 4.79 Å². The lowest BCUT2D eigenvalue weighted by molar-refractivity contribution is 0.0524. The van der Waals surface area contributed by atoms with Gasteiger partial charge in [0.05, 0.1) is 17.9 Å². The van der Waals surface area contributed by atoms with Gasteiger partial charge in [-0.15, -0.1) is 0 Å². The average molecular weight is 235 g/mol. The zero-order valence-electron chi connectivity index (χ0n) is 10.4. The van der Waals surface area contributed by atoms with Crippen LogP contribution in [0.2, 0.25) is 0 Å². The maximum absolute atomic E-state index is 11.8. The van der Waals surface area contributed by atoms with Crippen LogP contribution in [0.15, 0.2) is 6.20 Å². The minimum Gasteiger partial charge on any atom is -0.462 e. The first-order valence-corrected chi connectivity index (χ1v) is 5.84. The van der Waals surface area contributed by atoms with E-state index in [0.29, 0.717) is 24.0 Å². The molecule has 0 spiro atoms. The summed E-state index contributed by atoms with van der Waals surface area (Å²) in [5.41, 5.74) is 1.35. The minimum atomic E-state index is -0.320. The number of rotatable bonds is 4. The van der Waals surface area contributed by atoms with Crippen LogP contribution in [0.4, 0.5) is 5.95 Å². The van der Waals surface area contributed by atoms with E-state index in [4.69, 9.17) is 4.74 Å². The molecule has 0 bridgehead atoms. The number of carbonyl (C=O) groups excluding carboxylic acids is 1. The maximum atomic E-state index is 11.8. The Kier molecular flexibility index (Phi) is 3.26. The molecule has 0 radical (unpaired) electrons. The summed E-state index contributed by atoms with van der Waals surface area (Å²) in [5.74, 6) is 0.718. The summed E-state index contributed by atoms with van der Waals surface area (Å²) in [6.45, 7) is 2.17. The van der Waals surface area contributed by atoms with Crippen LogP contribution in [0, 0.1) is 0 Å². The molecule has 92 valence electrons. The van der Waals surface area contributed by atoms with E-state index in [1.165, 1.54) is 0 Å². The summed E-state index contributed by atoms with van der Waals surface area (Å²) < 4.78 is 5.01. The molecule has 1 fully saturated rings. The van der Waals surface area contributed by atoms with Crippen molar-refractivity contribution < 1.29 is 9.53 Å². The van der Waals surface area contributed by atoms with Crippen molar-refractivity contribution in [3.8, 4) is 0 Å². The van der Waals surface area contributed by atoms with Gasteiger partial charge in [-0.2, -0.15) is 0 Å². The third kappa shape index (κ3) is 2.54. The van der Waals surface area contributed by atoms with E-state index >= 15 is 0 Å². The van der Waals surface area contributed by atoms with Gasteiger partial charge in [-0.1, -0.05) is 0 Å². The highest BCUT2D eigenvalue weighted by atomic mass is 16.5. The lowest BCUT2D eigenvalue weighted by Gasteiger charge is -2.13. The van der Waals surface area contributed by atoms with Gasteiger partial charge in [-0.25, -0.2) is 14.8 Å². The number of anilines is 1. The van der Waals surface area contributed by atoms with Gasteiger partial charge in [-0.3, -0.25) is 0 Å². The normalized spacial score (nSPS) is 14.5. The van der Waals surface area contributed by atoms with Crippen molar-refractivity contribution in [2.45, 2.75) is 25.7 Å². The molecule has 1 aliphatic rings. The highest BCUT2D eigenvalue weighted by Gasteiger charge is 2.31. The summed E-state index contributed by atoms with van der Waals surface area (Å²) in [5, 5.41) is 0. The van der Waals surface area contributed by atoms with E-state index in [0.717, 1.165) is 18.5 Å². The van der Waals surface area contributed by atoms with Crippen molar-refractivity contribution in [1.82, 2.24) is 9.97 Å². The molecule has 1 aliphatic carbocycles. The Labute approximate surface area is 101 Å². The number of ether oxygens (including phenoxy) is 1. The molecule has 5 heteroatoms. The van der Waals surface area contributed by atoms with E-state index in [2.05, 4.69) is 9.97 Å². The van der Waals surface area contributed by atoms with Gasteiger partial charge in [-0.05, 0) is 19.8 Å². The third-order valence-electron chi connectivity index (χ3n) is 2.66. The van der Waals surface area contributed by atoms with Gasteiger partial charge in [0.1, 0.15) is 0 Å². The van der Waals surface area contributed by atoms with Crippen molar-refractivity contribution >= 4 is 11.9 Å². The van der Waals surface area contributed by atoms with Gasteiger partial charge in [0, 0.05) is 26.2 Å². The van der Waals surface area contributed by atoms with Gasteiger partial charge in [0.15, 0.2) is 0 Å². The molecule has 1 saturated carbocycles. The number of hydrogen-bond acceptors (Lipinski definition) is 5. The minimum absolute atomic E-state index is 0.320. The number of hydrogen-bond donors (Lipinski definition) is 0. The zero-order chi connectivity index (χ0) is 12.4. The standard InChI is InChI=1S/C12H17N3O2/c1-4-17-11(16)9-7-13-12(15(2)3)14-10(9)8-5-6-8/h7-8H,4-6H2,1-3H3. The van der Waals surface area contributed by atoms with Crippen molar-refractivity contribution in [1.29, 1.82) is 0 Å². The van der Waals surface area contributed by atoms with Crippen LogP contribution in [0.25, 0.3) is 0 Å². The molecule has 0 unspecified atom stereocenters. The van der Waals surface area contributed by atoms with Crippen LogP contribution in [-0.4, -0.2) is 36.6 Å². The molecular formula is C12H17N3O2. The van der Waals surface area contributed by atoms with E-state index in [1.807, 2.05) is 19.0 Å². The molecule has 1 heterocycles. The van der Waals surface area contributed by atoms with Gasteiger partial charge >= 0.3 is 5.97 Å². The third-order valence-corrected chi connectivity index (χ3v) is 2.66. The Bertz CT molecular complexity index is 428. The summed E-state index contributed by atoms with van der Waals surface area (Å²) in [4.78, 5) is 22.2. The second-order valence-corrected chi connectivity index (χ2v) is 4.36. The van der Waals surface area contributed by atoms with Crippen LogP contribution in [0.1, 0.15) is 41.7 Å². The first-order chi connectivity index (χ1) is 8.13. The van der Waals surface area contributed by atoms with Gasteiger partial charge < -0.3 is 9.64 Å². The van der Waals surface area contributed by atoms with Crippen molar-refractivity contribution in [2.24, 2.45) is 0 Å². The predicted molar refractivity (Wildman–Crippen MR) is 64.3 cm³/mol. The molecule has 2 rings (SSSR count). The van der Waals surface area contributed by atoms with Crippen LogP contribution in [0.3, 0.4) is 0 Å². The number of nitrogens with zero attached hydrogens (tertiary/aromatic N) is 3. The topological polar surface area (TPSA) is 55.3 Å². The molecule has 1 aromatic heterocycles. The zero-order valence-corrected chi connectivity index (χ0v) is 10.4. The molecule has 0 saturated heterocycles. The molecular weight excluding hydrogens is 218 g/mol. The van der Waals surface area contributed by atoms with Crippen LogP contribution < -0.4 is 4.90 Å². The average Bonchev–Trinajstić information content (AvgIpc) is 3.12. The Morgan fingerprint density at radius 3 is 2.76 bits per heavy atom. The molecule has 0 amide bonds. The number of carbonyl (C=O) groups is 1. The fourth-order valence-corrected chi connectivity index (χ4v) is 1.63. The van der Waals surface area contributed by atoms with Crippen molar-refractivity contribution in [3.63, 3.8) is 0 Å². The SMILES string of the molecule is CCOC(=O)c1cnc(N(C)C)nc1C1CC1. The van der Waals surface area contributed by atoms with Crippen LogP contribution in [-0.2, 0) is 4.74 Å². The fraction of sp³-hybridized carbons (Fsp3) is 0.583. The molecule has 17 heavy (non-hydrogen) atoms. The first-order valence-electron chi connectivity index (χ1n) is 5.84. The number of aromatic nitrogens is 2. The summed E-state index contributed by atoms with van der Waals surface area (Å²) in [6, 6.07) is 0. The second kappa shape index (κ2) is 4.69. The van der Waals surface area contributed by atoms with E-state index < -0.39 is 0 Å². The quantitative estimate of drug-likeness (QED) is 0.742. The highest BCUT2D eigenvalue weighted by molar-refractivity contribution is 5.90. The fourth-order valence-electron chi connectivity index (χ4n) is 1.63. The van der Waals surface area contributed by atoms with Crippen LogP contribution >= 0.6 is 0 Å². The van der Waals surface area contributed by atoms with Gasteiger partial charge in [0.2, 0.25) is 5.95 Å². The summed E-state index contributed by atoms with van der Waals surface area (Å²) in [6.07, 6.45) is 3.76. The first kappa shape index (κ1) is 11.8. The molecule has 0 aliphatic heterocycles. The highest BCUT2D eigenvalue weighted by Crippen LogP contribution is 2.41.